The van der Waals surface area contributed by atoms with Crippen LogP contribution in [0.2, 0.25) is 0 Å². The molecule has 0 saturated carbocycles. The number of hydrogen-bond acceptors (Lipinski definition) is 5. The molecule has 152 valence electrons. The van der Waals surface area contributed by atoms with Gasteiger partial charge in [-0.05, 0) is 12.1 Å². The van der Waals surface area contributed by atoms with E-state index in [-0.39, 0.29) is 49.2 Å². The Kier molecular flexibility index (Phi) is 10.9. The number of thioether (sulfide) groups is 1. The lowest BCUT2D eigenvalue weighted by Crippen LogP contribution is -2.51. The first kappa shape index (κ1) is 23.9. The van der Waals surface area contributed by atoms with E-state index in [0.717, 1.165) is 31.1 Å². The summed E-state index contributed by atoms with van der Waals surface area (Å²) < 4.78 is 0. The van der Waals surface area contributed by atoms with Gasteiger partial charge in [0, 0.05) is 62.4 Å². The van der Waals surface area contributed by atoms with Crippen LogP contribution < -0.4 is 15.5 Å². The molecule has 2 aliphatic heterocycles. The van der Waals surface area contributed by atoms with Crippen molar-refractivity contribution in [3.63, 3.8) is 0 Å². The van der Waals surface area contributed by atoms with Crippen molar-refractivity contribution < 1.29 is 9.59 Å². The number of rotatable bonds is 5. The van der Waals surface area contributed by atoms with Gasteiger partial charge in [0.2, 0.25) is 11.8 Å². The zero-order valence-electron chi connectivity index (χ0n) is 15.3. The van der Waals surface area contributed by atoms with Crippen LogP contribution in [0.15, 0.2) is 30.3 Å². The van der Waals surface area contributed by atoms with E-state index in [1.807, 2.05) is 34.9 Å². The molecule has 2 aliphatic rings. The second kappa shape index (κ2) is 12.3. The number of piperazine rings is 1. The van der Waals surface area contributed by atoms with Crippen molar-refractivity contribution in [2.75, 3.05) is 55.7 Å². The van der Waals surface area contributed by atoms with Crippen LogP contribution in [0.25, 0.3) is 0 Å². The van der Waals surface area contributed by atoms with Gasteiger partial charge < -0.3 is 20.4 Å². The van der Waals surface area contributed by atoms with Crippen molar-refractivity contribution >= 4 is 54.1 Å². The summed E-state index contributed by atoms with van der Waals surface area (Å²) in [6.07, 6.45) is 0.446. The third kappa shape index (κ3) is 7.41. The zero-order chi connectivity index (χ0) is 17.5. The first-order chi connectivity index (χ1) is 12.2. The summed E-state index contributed by atoms with van der Waals surface area (Å²) in [4.78, 5) is 28.4. The number of nitrogens with one attached hydrogen (secondary N) is 2. The van der Waals surface area contributed by atoms with Crippen LogP contribution in [-0.2, 0) is 9.59 Å². The number of anilines is 1. The molecule has 27 heavy (non-hydrogen) atoms. The van der Waals surface area contributed by atoms with Gasteiger partial charge in [-0.1, -0.05) is 18.2 Å². The normalized spacial score (nSPS) is 19.5. The van der Waals surface area contributed by atoms with Crippen molar-refractivity contribution in [3.8, 4) is 0 Å². The molecule has 0 aromatic heterocycles. The van der Waals surface area contributed by atoms with E-state index in [0.29, 0.717) is 19.5 Å². The third-order valence-corrected chi connectivity index (χ3v) is 5.75. The molecule has 0 radical (unpaired) electrons. The van der Waals surface area contributed by atoms with Gasteiger partial charge in [0.15, 0.2) is 0 Å². The number of benzene rings is 1. The minimum Gasteiger partial charge on any atom is -0.368 e. The summed E-state index contributed by atoms with van der Waals surface area (Å²) in [5.41, 5.74) is 1.20. The molecule has 1 aromatic carbocycles. The highest BCUT2D eigenvalue weighted by molar-refractivity contribution is 7.99. The minimum absolute atomic E-state index is 0. The number of hydrogen-bond donors (Lipinski definition) is 2. The van der Waals surface area contributed by atoms with E-state index >= 15 is 0 Å². The summed E-state index contributed by atoms with van der Waals surface area (Å²) in [5, 5.41) is 6.12. The average molecular weight is 435 g/mol. The fourth-order valence-electron chi connectivity index (χ4n) is 3.19. The average Bonchev–Trinajstić information content (AvgIpc) is 2.68. The van der Waals surface area contributed by atoms with Crippen molar-refractivity contribution in [2.24, 2.45) is 0 Å². The standard InChI is InChI=1S/C18H26N4O2S.2ClH/c23-17(12-15-14-25-11-6-19-15)20-13-18(24)22-9-7-21(8-10-22)16-4-2-1-3-5-16;;/h1-5,15,19H,6-14H2,(H,20,23);2*1H. The maximum Gasteiger partial charge on any atom is 0.242 e. The molecule has 2 N–H and O–H groups in total. The smallest absolute Gasteiger partial charge is 0.242 e. The summed E-state index contributed by atoms with van der Waals surface area (Å²) >= 11 is 1.87. The lowest BCUT2D eigenvalue weighted by molar-refractivity contribution is -0.133. The molecule has 1 unspecified atom stereocenters. The van der Waals surface area contributed by atoms with Crippen molar-refractivity contribution in [2.45, 2.75) is 12.5 Å². The van der Waals surface area contributed by atoms with Gasteiger partial charge in [-0.15, -0.1) is 24.8 Å². The second-order valence-electron chi connectivity index (χ2n) is 6.41. The lowest BCUT2D eigenvalue weighted by atomic mass is 10.2. The molecular weight excluding hydrogens is 407 g/mol. The Morgan fingerprint density at radius 1 is 1.11 bits per heavy atom. The molecule has 6 nitrogen and oxygen atoms in total. The highest BCUT2D eigenvalue weighted by atomic mass is 35.5. The van der Waals surface area contributed by atoms with E-state index < -0.39 is 0 Å². The Balaban J connectivity index is 0.00000182. The molecule has 3 rings (SSSR count). The summed E-state index contributed by atoms with van der Waals surface area (Å²) in [6.45, 7) is 4.10. The SMILES string of the molecule is Cl.Cl.O=C(CC1CSCCN1)NCC(=O)N1CCN(c2ccccc2)CC1. The summed E-state index contributed by atoms with van der Waals surface area (Å²) in [7, 11) is 0. The van der Waals surface area contributed by atoms with E-state index in [9.17, 15) is 9.59 Å². The fourth-order valence-corrected chi connectivity index (χ4v) is 4.13. The molecule has 0 spiro atoms. The maximum atomic E-state index is 12.3. The quantitative estimate of drug-likeness (QED) is 0.732. The Labute approximate surface area is 177 Å². The van der Waals surface area contributed by atoms with Crippen LogP contribution in [0.5, 0.6) is 0 Å². The predicted molar refractivity (Wildman–Crippen MR) is 116 cm³/mol. The van der Waals surface area contributed by atoms with Crippen LogP contribution in [-0.4, -0.2) is 73.5 Å². The van der Waals surface area contributed by atoms with E-state index in [4.69, 9.17) is 0 Å². The number of nitrogens with zero attached hydrogens (tertiary/aromatic N) is 2. The molecule has 0 bridgehead atoms. The van der Waals surface area contributed by atoms with Crippen LogP contribution in [0, 0.1) is 0 Å². The van der Waals surface area contributed by atoms with Crippen molar-refractivity contribution in [1.82, 2.24) is 15.5 Å². The van der Waals surface area contributed by atoms with Gasteiger partial charge in [-0.25, -0.2) is 0 Å². The highest BCUT2D eigenvalue weighted by Gasteiger charge is 2.22. The second-order valence-corrected chi connectivity index (χ2v) is 7.56. The summed E-state index contributed by atoms with van der Waals surface area (Å²) in [6, 6.07) is 10.5. The predicted octanol–water partition coefficient (Wildman–Crippen LogP) is 1.39. The number of carbonyl (C=O) groups excluding carboxylic acids is 2. The minimum atomic E-state index is -0.0451. The molecule has 9 heteroatoms. The van der Waals surface area contributed by atoms with Gasteiger partial charge in [0.1, 0.15) is 0 Å². The van der Waals surface area contributed by atoms with Crippen LogP contribution in [0.3, 0.4) is 0 Å². The Bertz CT molecular complexity index is 580. The molecule has 2 saturated heterocycles. The molecule has 0 aliphatic carbocycles. The van der Waals surface area contributed by atoms with Crippen molar-refractivity contribution in [1.29, 1.82) is 0 Å². The first-order valence-corrected chi connectivity index (χ1v) is 10.0. The van der Waals surface area contributed by atoms with Crippen molar-refractivity contribution in [3.05, 3.63) is 30.3 Å². The topological polar surface area (TPSA) is 64.7 Å². The van der Waals surface area contributed by atoms with Crippen LogP contribution in [0.1, 0.15) is 6.42 Å². The molecular formula is C18H28Cl2N4O2S. The molecule has 2 amide bonds. The molecule has 1 atom stereocenters. The van der Waals surface area contributed by atoms with Gasteiger partial charge in [-0.3, -0.25) is 9.59 Å². The van der Waals surface area contributed by atoms with Gasteiger partial charge in [-0.2, -0.15) is 11.8 Å². The van der Waals surface area contributed by atoms with Gasteiger partial charge in [0.05, 0.1) is 6.54 Å². The van der Waals surface area contributed by atoms with Gasteiger partial charge in [0.25, 0.3) is 0 Å². The highest BCUT2D eigenvalue weighted by Crippen LogP contribution is 2.15. The Hall–Kier alpha value is -1.15. The van der Waals surface area contributed by atoms with Gasteiger partial charge >= 0.3 is 0 Å². The fraction of sp³-hybridized carbons (Fsp3) is 0.556. The lowest BCUT2D eigenvalue weighted by Gasteiger charge is -2.36. The number of carbonyl (C=O) groups is 2. The largest absolute Gasteiger partial charge is 0.368 e. The van der Waals surface area contributed by atoms with E-state index in [1.54, 1.807) is 0 Å². The third-order valence-electron chi connectivity index (χ3n) is 4.62. The summed E-state index contributed by atoms with van der Waals surface area (Å²) in [5.74, 6) is 2.03. The number of amides is 2. The first-order valence-electron chi connectivity index (χ1n) is 8.88. The number of halogens is 2. The maximum absolute atomic E-state index is 12.3. The zero-order valence-corrected chi connectivity index (χ0v) is 17.7. The van der Waals surface area contributed by atoms with Crippen LogP contribution in [0.4, 0.5) is 5.69 Å². The monoisotopic (exact) mass is 434 g/mol. The molecule has 2 fully saturated rings. The van der Waals surface area contributed by atoms with Crippen LogP contribution >= 0.6 is 36.6 Å². The Morgan fingerprint density at radius 2 is 1.81 bits per heavy atom. The van der Waals surface area contributed by atoms with E-state index in [1.165, 1.54) is 5.69 Å². The number of para-hydroxylation sites is 1. The molecule has 1 aromatic rings. The molecule has 2 heterocycles. The Morgan fingerprint density at radius 3 is 2.44 bits per heavy atom. The van der Waals surface area contributed by atoms with E-state index in [2.05, 4.69) is 27.7 Å².